The normalized spacial score (nSPS) is 16.6. The lowest BCUT2D eigenvalue weighted by molar-refractivity contribution is -0.141. The van der Waals surface area contributed by atoms with Gasteiger partial charge in [-0.3, -0.25) is 4.79 Å². The molecule has 0 spiro atoms. The highest BCUT2D eigenvalue weighted by Gasteiger charge is 2.30. The predicted molar refractivity (Wildman–Crippen MR) is 97.5 cm³/mol. The van der Waals surface area contributed by atoms with Crippen molar-refractivity contribution in [2.24, 2.45) is 11.8 Å². The van der Waals surface area contributed by atoms with E-state index < -0.39 is 11.9 Å². The van der Waals surface area contributed by atoms with Gasteiger partial charge in [0.15, 0.2) is 11.5 Å². The van der Waals surface area contributed by atoms with Gasteiger partial charge in [0.2, 0.25) is 0 Å². The van der Waals surface area contributed by atoms with Gasteiger partial charge < -0.3 is 24.8 Å². The fourth-order valence-corrected chi connectivity index (χ4v) is 2.78. The van der Waals surface area contributed by atoms with Crippen LogP contribution < -0.4 is 14.8 Å². The Morgan fingerprint density at radius 2 is 2.12 bits per heavy atom. The van der Waals surface area contributed by atoms with Crippen molar-refractivity contribution in [2.75, 3.05) is 26.8 Å². The van der Waals surface area contributed by atoms with Gasteiger partial charge in [-0.2, -0.15) is 0 Å². The molecule has 0 aliphatic carbocycles. The molecule has 0 bridgehead atoms. The van der Waals surface area contributed by atoms with Crippen LogP contribution in [-0.4, -0.2) is 48.8 Å². The molecule has 1 heterocycles. The molecule has 2 amide bonds. The van der Waals surface area contributed by atoms with Gasteiger partial charge in [0.05, 0.1) is 19.6 Å². The van der Waals surface area contributed by atoms with Crippen LogP contribution in [0.5, 0.6) is 11.5 Å². The first kappa shape index (κ1) is 19.9. The molecule has 7 nitrogen and oxygen atoms in total. The van der Waals surface area contributed by atoms with E-state index in [9.17, 15) is 9.59 Å². The Balaban J connectivity index is 1.87. The molecule has 2 N–H and O–H groups in total. The van der Waals surface area contributed by atoms with Crippen LogP contribution >= 0.6 is 0 Å². The number of hydrogen-bond acceptors (Lipinski definition) is 4. The summed E-state index contributed by atoms with van der Waals surface area (Å²) < 4.78 is 11.1. The third-order valence-corrected chi connectivity index (χ3v) is 4.45. The van der Waals surface area contributed by atoms with Gasteiger partial charge in [-0.15, -0.1) is 0 Å². The minimum Gasteiger partial charge on any atom is -0.493 e. The standard InChI is InChI=1S/C19H28N2O5/c1-13(2)7-9-26-16-5-4-14(10-17(16)25-3)11-20-19(24)21-8-6-15(12-21)18(22)23/h4-5,10,13,15H,6-9,11-12H2,1-3H3,(H,20,24)(H,22,23). The molecule has 1 saturated heterocycles. The number of amides is 2. The Hall–Kier alpha value is -2.44. The number of carboxylic acid groups (broad SMARTS) is 1. The number of carboxylic acids is 1. The van der Waals surface area contributed by atoms with Crippen molar-refractivity contribution in [3.63, 3.8) is 0 Å². The van der Waals surface area contributed by atoms with E-state index in [-0.39, 0.29) is 12.6 Å². The number of ether oxygens (including phenoxy) is 2. The number of nitrogens with one attached hydrogen (secondary N) is 1. The number of likely N-dealkylation sites (tertiary alicyclic amines) is 1. The third-order valence-electron chi connectivity index (χ3n) is 4.45. The summed E-state index contributed by atoms with van der Waals surface area (Å²) in [5.41, 5.74) is 0.889. The number of nitrogens with zero attached hydrogens (tertiary/aromatic N) is 1. The summed E-state index contributed by atoms with van der Waals surface area (Å²) in [6, 6.07) is 5.33. The van der Waals surface area contributed by atoms with Crippen LogP contribution in [0.1, 0.15) is 32.3 Å². The second-order valence-corrected chi connectivity index (χ2v) is 6.94. The Morgan fingerprint density at radius 3 is 2.73 bits per heavy atom. The van der Waals surface area contributed by atoms with Crippen molar-refractivity contribution < 1.29 is 24.2 Å². The quantitative estimate of drug-likeness (QED) is 0.740. The van der Waals surface area contributed by atoms with Crippen molar-refractivity contribution >= 4 is 12.0 Å². The maximum absolute atomic E-state index is 12.2. The molecule has 0 radical (unpaired) electrons. The SMILES string of the molecule is COc1cc(CNC(=O)N2CCC(C(=O)O)C2)ccc1OCCC(C)C. The number of carbonyl (C=O) groups is 2. The Morgan fingerprint density at radius 1 is 1.35 bits per heavy atom. The Kier molecular flexibility index (Phi) is 7.12. The second kappa shape index (κ2) is 9.31. The van der Waals surface area contributed by atoms with Crippen LogP contribution in [0.15, 0.2) is 18.2 Å². The summed E-state index contributed by atoms with van der Waals surface area (Å²) in [4.78, 5) is 24.7. The first-order valence-corrected chi connectivity index (χ1v) is 8.96. The number of carbonyl (C=O) groups excluding carboxylic acids is 1. The molecule has 0 saturated carbocycles. The lowest BCUT2D eigenvalue weighted by Crippen LogP contribution is -2.38. The van der Waals surface area contributed by atoms with Crippen LogP contribution in [0.4, 0.5) is 4.79 Å². The zero-order valence-corrected chi connectivity index (χ0v) is 15.7. The number of benzene rings is 1. The monoisotopic (exact) mass is 364 g/mol. The molecule has 7 heteroatoms. The third kappa shape index (κ3) is 5.54. The van der Waals surface area contributed by atoms with Crippen molar-refractivity contribution in [1.29, 1.82) is 0 Å². The van der Waals surface area contributed by atoms with Crippen LogP contribution in [-0.2, 0) is 11.3 Å². The van der Waals surface area contributed by atoms with Gasteiger partial charge in [0.1, 0.15) is 0 Å². The fourth-order valence-electron chi connectivity index (χ4n) is 2.78. The molecule has 0 aromatic heterocycles. The summed E-state index contributed by atoms with van der Waals surface area (Å²) in [7, 11) is 1.59. The minimum absolute atomic E-state index is 0.245. The van der Waals surface area contributed by atoms with E-state index in [4.69, 9.17) is 14.6 Å². The van der Waals surface area contributed by atoms with E-state index in [1.165, 1.54) is 0 Å². The molecule has 1 fully saturated rings. The Labute approximate surface area is 154 Å². The van der Waals surface area contributed by atoms with Crippen molar-refractivity contribution in [3.05, 3.63) is 23.8 Å². The smallest absolute Gasteiger partial charge is 0.317 e. The maximum atomic E-state index is 12.2. The number of aliphatic carboxylic acids is 1. The average Bonchev–Trinajstić information content (AvgIpc) is 3.10. The van der Waals surface area contributed by atoms with Crippen LogP contribution in [0, 0.1) is 11.8 Å². The van der Waals surface area contributed by atoms with Crippen LogP contribution in [0.2, 0.25) is 0 Å². The molecule has 1 aliphatic heterocycles. The number of urea groups is 1. The predicted octanol–water partition coefficient (Wildman–Crippen LogP) is 2.74. The highest BCUT2D eigenvalue weighted by Crippen LogP contribution is 2.28. The van der Waals surface area contributed by atoms with E-state index in [2.05, 4.69) is 19.2 Å². The lowest BCUT2D eigenvalue weighted by Gasteiger charge is -2.17. The van der Waals surface area contributed by atoms with Crippen molar-refractivity contribution in [1.82, 2.24) is 10.2 Å². The molecule has 1 aliphatic rings. The summed E-state index contributed by atoms with van der Waals surface area (Å²) in [6.45, 7) is 5.98. The molecule has 1 atom stereocenters. The summed E-state index contributed by atoms with van der Waals surface area (Å²) in [5.74, 6) is 0.572. The topological polar surface area (TPSA) is 88.1 Å². The van der Waals surface area contributed by atoms with Crippen LogP contribution in [0.3, 0.4) is 0 Å². The van der Waals surface area contributed by atoms with Gasteiger partial charge in [0.25, 0.3) is 0 Å². The van der Waals surface area contributed by atoms with Gasteiger partial charge in [-0.1, -0.05) is 19.9 Å². The first-order chi connectivity index (χ1) is 12.4. The number of hydrogen-bond donors (Lipinski definition) is 2. The first-order valence-electron chi connectivity index (χ1n) is 8.96. The van der Waals surface area contributed by atoms with E-state index >= 15 is 0 Å². The largest absolute Gasteiger partial charge is 0.493 e. The molecular weight excluding hydrogens is 336 g/mol. The summed E-state index contributed by atoms with van der Waals surface area (Å²) in [6.07, 6.45) is 1.47. The molecule has 2 rings (SSSR count). The summed E-state index contributed by atoms with van der Waals surface area (Å²) >= 11 is 0. The molecular formula is C19H28N2O5. The van der Waals surface area contributed by atoms with E-state index in [0.29, 0.717) is 43.5 Å². The molecule has 1 aromatic carbocycles. The van der Waals surface area contributed by atoms with Crippen LogP contribution in [0.25, 0.3) is 0 Å². The molecule has 26 heavy (non-hydrogen) atoms. The molecule has 144 valence electrons. The maximum Gasteiger partial charge on any atom is 0.317 e. The van der Waals surface area contributed by atoms with E-state index in [0.717, 1.165) is 12.0 Å². The Bertz CT molecular complexity index is 632. The highest BCUT2D eigenvalue weighted by atomic mass is 16.5. The fraction of sp³-hybridized carbons (Fsp3) is 0.579. The lowest BCUT2D eigenvalue weighted by atomic mass is 10.1. The van der Waals surface area contributed by atoms with Gasteiger partial charge >= 0.3 is 12.0 Å². The average molecular weight is 364 g/mol. The second-order valence-electron chi connectivity index (χ2n) is 6.94. The van der Waals surface area contributed by atoms with Gasteiger partial charge in [0, 0.05) is 19.6 Å². The van der Waals surface area contributed by atoms with Crippen molar-refractivity contribution in [3.8, 4) is 11.5 Å². The highest BCUT2D eigenvalue weighted by molar-refractivity contribution is 5.77. The molecule has 1 aromatic rings. The number of methoxy groups -OCH3 is 1. The molecule has 1 unspecified atom stereocenters. The summed E-state index contributed by atoms with van der Waals surface area (Å²) in [5, 5.41) is 11.8. The minimum atomic E-state index is -0.849. The number of rotatable bonds is 8. The van der Waals surface area contributed by atoms with E-state index in [1.807, 2.05) is 18.2 Å². The van der Waals surface area contributed by atoms with Gasteiger partial charge in [-0.05, 0) is 36.5 Å². The van der Waals surface area contributed by atoms with Crippen molar-refractivity contribution in [2.45, 2.75) is 33.2 Å². The van der Waals surface area contributed by atoms with Gasteiger partial charge in [-0.25, -0.2) is 4.79 Å². The zero-order chi connectivity index (χ0) is 19.1. The van der Waals surface area contributed by atoms with E-state index in [1.54, 1.807) is 12.0 Å². The zero-order valence-electron chi connectivity index (χ0n) is 15.7.